The molecule has 0 fully saturated rings. The van der Waals surface area contributed by atoms with E-state index in [2.05, 4.69) is 15.8 Å². The minimum Gasteiger partial charge on any atom is -0.480 e. The molecular formula is C12H23N3O4. The Morgan fingerprint density at radius 2 is 1.84 bits per heavy atom. The summed E-state index contributed by atoms with van der Waals surface area (Å²) < 4.78 is 10.1. The van der Waals surface area contributed by atoms with E-state index in [-0.39, 0.29) is 6.54 Å². The van der Waals surface area contributed by atoms with E-state index in [1.165, 1.54) is 0 Å². The van der Waals surface area contributed by atoms with Gasteiger partial charge in [-0.05, 0) is 27.7 Å². The maximum atomic E-state index is 11.4. The third kappa shape index (κ3) is 9.87. The number of hydrogen-bond donors (Lipinski definition) is 2. The van der Waals surface area contributed by atoms with E-state index in [0.29, 0.717) is 18.9 Å². The quantitative estimate of drug-likeness (QED) is 0.450. The van der Waals surface area contributed by atoms with Crippen LogP contribution in [0.15, 0.2) is 5.10 Å². The van der Waals surface area contributed by atoms with Crippen LogP contribution in [0.1, 0.15) is 41.0 Å². The highest BCUT2D eigenvalue weighted by Gasteiger charge is 2.16. The number of carbonyl (C=O) groups is 2. The Balaban J connectivity index is 4.02. The second kappa shape index (κ2) is 8.34. The Hall–Kier alpha value is -1.79. The van der Waals surface area contributed by atoms with Crippen LogP contribution in [0.2, 0.25) is 0 Å². The van der Waals surface area contributed by atoms with Crippen LogP contribution in [-0.4, -0.2) is 36.7 Å². The van der Waals surface area contributed by atoms with Gasteiger partial charge in [-0.1, -0.05) is 6.92 Å². The predicted octanol–water partition coefficient (Wildman–Crippen LogP) is 1.39. The van der Waals surface area contributed by atoms with Gasteiger partial charge in [0.15, 0.2) is 0 Å². The fourth-order valence-corrected chi connectivity index (χ4v) is 1.01. The molecule has 0 aliphatic rings. The first kappa shape index (κ1) is 17.2. The van der Waals surface area contributed by atoms with Crippen LogP contribution in [0.3, 0.4) is 0 Å². The summed E-state index contributed by atoms with van der Waals surface area (Å²) in [5.41, 5.74) is 1.70. The molecular weight excluding hydrogens is 250 g/mol. The van der Waals surface area contributed by atoms with Gasteiger partial charge in [-0.2, -0.15) is 0 Å². The minimum atomic E-state index is -0.646. The lowest BCUT2D eigenvalue weighted by Gasteiger charge is -2.19. The molecule has 0 atom stereocenters. The molecule has 19 heavy (non-hydrogen) atoms. The van der Waals surface area contributed by atoms with E-state index in [1.807, 2.05) is 13.8 Å². The zero-order valence-corrected chi connectivity index (χ0v) is 12.2. The molecule has 7 nitrogen and oxygen atoms in total. The lowest BCUT2D eigenvalue weighted by atomic mass is 10.2. The lowest BCUT2D eigenvalue weighted by Crippen LogP contribution is -2.38. The zero-order valence-electron chi connectivity index (χ0n) is 12.2. The highest BCUT2D eigenvalue weighted by molar-refractivity contribution is 5.84. The average Bonchev–Trinajstić information content (AvgIpc) is 2.29. The molecule has 0 bridgehead atoms. The zero-order chi connectivity index (χ0) is 14.9. The van der Waals surface area contributed by atoms with Crippen molar-refractivity contribution in [1.29, 1.82) is 0 Å². The monoisotopic (exact) mass is 273 g/mol. The van der Waals surface area contributed by atoms with E-state index in [0.717, 1.165) is 0 Å². The summed E-state index contributed by atoms with van der Waals surface area (Å²) in [5.74, 6) is -0.00960. The maximum Gasteiger partial charge on any atom is 0.408 e. The molecule has 0 aliphatic carbocycles. The normalized spacial score (nSPS) is 11.7. The molecule has 0 spiro atoms. The SMILES string of the molecule is CCO/C(CC)=N/NC(=O)CNC(=O)OC(C)(C)C. The first-order valence-corrected chi connectivity index (χ1v) is 6.23. The van der Waals surface area contributed by atoms with Crippen molar-refractivity contribution in [3.8, 4) is 0 Å². The maximum absolute atomic E-state index is 11.4. The number of hydrogen-bond acceptors (Lipinski definition) is 5. The van der Waals surface area contributed by atoms with Gasteiger partial charge in [0.1, 0.15) is 12.1 Å². The molecule has 2 N–H and O–H groups in total. The van der Waals surface area contributed by atoms with Gasteiger partial charge in [-0.3, -0.25) is 4.79 Å². The third-order valence-electron chi connectivity index (χ3n) is 1.71. The molecule has 0 radical (unpaired) electrons. The van der Waals surface area contributed by atoms with Crippen LogP contribution in [0, 0.1) is 0 Å². The van der Waals surface area contributed by atoms with Crippen LogP contribution in [0.4, 0.5) is 4.79 Å². The van der Waals surface area contributed by atoms with Crippen LogP contribution < -0.4 is 10.7 Å². The van der Waals surface area contributed by atoms with Crippen LogP contribution >= 0.6 is 0 Å². The van der Waals surface area contributed by atoms with Crippen molar-refractivity contribution in [3.05, 3.63) is 0 Å². The van der Waals surface area contributed by atoms with E-state index in [4.69, 9.17) is 9.47 Å². The molecule has 7 heteroatoms. The summed E-state index contributed by atoms with van der Waals surface area (Å²) in [5, 5.41) is 6.12. The minimum absolute atomic E-state index is 0.207. The predicted molar refractivity (Wildman–Crippen MR) is 71.7 cm³/mol. The van der Waals surface area contributed by atoms with Crippen molar-refractivity contribution in [1.82, 2.24) is 10.7 Å². The van der Waals surface area contributed by atoms with Crippen molar-refractivity contribution in [2.24, 2.45) is 5.10 Å². The molecule has 2 amide bonds. The smallest absolute Gasteiger partial charge is 0.408 e. The van der Waals surface area contributed by atoms with Gasteiger partial charge in [0.05, 0.1) is 6.61 Å². The lowest BCUT2D eigenvalue weighted by molar-refractivity contribution is -0.120. The molecule has 0 aromatic heterocycles. The number of nitrogens with one attached hydrogen (secondary N) is 2. The molecule has 0 heterocycles. The highest BCUT2D eigenvalue weighted by atomic mass is 16.6. The summed E-state index contributed by atoms with van der Waals surface area (Å²) >= 11 is 0. The van der Waals surface area contributed by atoms with Crippen molar-refractivity contribution < 1.29 is 19.1 Å². The number of alkyl carbamates (subject to hydrolysis) is 1. The van der Waals surface area contributed by atoms with E-state index >= 15 is 0 Å². The molecule has 0 aromatic rings. The molecule has 110 valence electrons. The number of rotatable bonds is 5. The fourth-order valence-electron chi connectivity index (χ4n) is 1.01. The topological polar surface area (TPSA) is 89.0 Å². The number of ether oxygens (including phenoxy) is 2. The molecule has 0 unspecified atom stereocenters. The number of amides is 2. The van der Waals surface area contributed by atoms with Crippen molar-refractivity contribution in [2.75, 3.05) is 13.2 Å². The van der Waals surface area contributed by atoms with Gasteiger partial charge in [0.25, 0.3) is 5.91 Å². The standard InChI is InChI=1S/C12H23N3O4/c1-6-10(18-7-2)15-14-9(16)8-13-11(17)19-12(3,4)5/h6-8H2,1-5H3,(H,13,17)(H,14,16)/b15-10+. The van der Waals surface area contributed by atoms with Crippen LogP contribution in [-0.2, 0) is 14.3 Å². The second-order valence-corrected chi connectivity index (χ2v) is 4.68. The molecule has 0 saturated heterocycles. The first-order chi connectivity index (χ1) is 8.78. The number of nitrogens with zero attached hydrogens (tertiary/aromatic N) is 1. The third-order valence-corrected chi connectivity index (χ3v) is 1.71. The molecule has 0 rings (SSSR count). The van der Waals surface area contributed by atoms with Crippen LogP contribution in [0.25, 0.3) is 0 Å². The molecule has 0 aliphatic heterocycles. The largest absolute Gasteiger partial charge is 0.480 e. The van der Waals surface area contributed by atoms with Crippen molar-refractivity contribution in [2.45, 2.75) is 46.6 Å². The Kier molecular flexibility index (Phi) is 7.55. The fraction of sp³-hybridized carbons (Fsp3) is 0.750. The van der Waals surface area contributed by atoms with Gasteiger partial charge < -0.3 is 14.8 Å². The molecule has 0 aromatic carbocycles. The van der Waals surface area contributed by atoms with E-state index in [1.54, 1.807) is 20.8 Å². The summed E-state index contributed by atoms with van der Waals surface area (Å²) in [7, 11) is 0. The summed E-state index contributed by atoms with van der Waals surface area (Å²) in [6, 6.07) is 0. The Bertz CT molecular complexity index is 334. The Morgan fingerprint density at radius 3 is 2.32 bits per heavy atom. The van der Waals surface area contributed by atoms with Gasteiger partial charge in [-0.15, -0.1) is 5.10 Å². The summed E-state index contributed by atoms with van der Waals surface area (Å²) in [4.78, 5) is 22.7. The summed E-state index contributed by atoms with van der Waals surface area (Å²) in [6.07, 6.45) is -0.0692. The van der Waals surface area contributed by atoms with E-state index < -0.39 is 17.6 Å². The Labute approximate surface area is 113 Å². The molecule has 0 saturated carbocycles. The van der Waals surface area contributed by atoms with E-state index in [9.17, 15) is 9.59 Å². The van der Waals surface area contributed by atoms with Crippen molar-refractivity contribution >= 4 is 17.9 Å². The van der Waals surface area contributed by atoms with Gasteiger partial charge >= 0.3 is 6.09 Å². The summed E-state index contributed by atoms with van der Waals surface area (Å²) in [6.45, 7) is 9.20. The second-order valence-electron chi connectivity index (χ2n) is 4.68. The van der Waals surface area contributed by atoms with Crippen molar-refractivity contribution in [3.63, 3.8) is 0 Å². The van der Waals surface area contributed by atoms with Crippen LogP contribution in [0.5, 0.6) is 0 Å². The number of hydrazone groups is 1. The van der Waals surface area contributed by atoms with Gasteiger partial charge in [0, 0.05) is 6.42 Å². The first-order valence-electron chi connectivity index (χ1n) is 6.23. The number of carbonyl (C=O) groups excluding carboxylic acids is 2. The van der Waals surface area contributed by atoms with Gasteiger partial charge in [0.2, 0.25) is 5.90 Å². The highest BCUT2D eigenvalue weighted by Crippen LogP contribution is 2.05. The van der Waals surface area contributed by atoms with Gasteiger partial charge in [-0.25, -0.2) is 10.2 Å². The Morgan fingerprint density at radius 1 is 1.21 bits per heavy atom. The average molecular weight is 273 g/mol.